The first kappa shape index (κ1) is 12.9. The summed E-state index contributed by atoms with van der Waals surface area (Å²) in [6.07, 6.45) is 3.16. The molecule has 1 rings (SSSR count). The summed E-state index contributed by atoms with van der Waals surface area (Å²) in [5, 5.41) is 0. The van der Waals surface area contributed by atoms with Crippen LogP contribution in [0.2, 0.25) is 0 Å². The molecule has 2 unspecified atom stereocenters. The molecule has 0 spiro atoms. The second-order valence-corrected chi connectivity index (χ2v) is 3.87. The van der Waals surface area contributed by atoms with Crippen LogP contribution in [0.4, 0.5) is 0 Å². The zero-order chi connectivity index (χ0) is 11.1. The fraction of sp³-hybridized carbons (Fsp3) is 1.00. The quantitative estimate of drug-likeness (QED) is 0.653. The van der Waals surface area contributed by atoms with Gasteiger partial charge in [0.15, 0.2) is 6.29 Å². The average molecular weight is 217 g/mol. The summed E-state index contributed by atoms with van der Waals surface area (Å²) in [4.78, 5) is 0. The van der Waals surface area contributed by atoms with Gasteiger partial charge in [0.2, 0.25) is 0 Å². The van der Waals surface area contributed by atoms with Gasteiger partial charge < -0.3 is 19.9 Å². The van der Waals surface area contributed by atoms with Crippen molar-refractivity contribution in [3.63, 3.8) is 0 Å². The van der Waals surface area contributed by atoms with Crippen LogP contribution in [0.5, 0.6) is 0 Å². The molecular formula is C11H23NO3. The van der Waals surface area contributed by atoms with Crippen molar-refractivity contribution < 1.29 is 14.2 Å². The molecule has 0 aromatic rings. The molecule has 4 nitrogen and oxygen atoms in total. The highest BCUT2D eigenvalue weighted by molar-refractivity contribution is 4.78. The minimum atomic E-state index is -0.225. The minimum Gasteiger partial charge on any atom is -0.373 e. The topological polar surface area (TPSA) is 53.7 Å². The summed E-state index contributed by atoms with van der Waals surface area (Å²) in [6.45, 7) is 5.73. The highest BCUT2D eigenvalue weighted by Gasteiger charge is 2.23. The van der Waals surface area contributed by atoms with Crippen LogP contribution in [-0.4, -0.2) is 38.3 Å². The van der Waals surface area contributed by atoms with E-state index in [1.54, 1.807) is 0 Å². The lowest BCUT2D eigenvalue weighted by Crippen LogP contribution is -2.27. The highest BCUT2D eigenvalue weighted by Crippen LogP contribution is 2.20. The highest BCUT2D eigenvalue weighted by atomic mass is 16.7. The van der Waals surface area contributed by atoms with E-state index in [0.29, 0.717) is 32.0 Å². The van der Waals surface area contributed by atoms with Gasteiger partial charge in [-0.25, -0.2) is 0 Å². The van der Waals surface area contributed by atoms with Gasteiger partial charge in [0.25, 0.3) is 0 Å². The Bertz CT molecular complexity index is 160. The van der Waals surface area contributed by atoms with Gasteiger partial charge in [0.05, 0.1) is 12.7 Å². The van der Waals surface area contributed by atoms with E-state index in [4.69, 9.17) is 19.9 Å². The van der Waals surface area contributed by atoms with Crippen molar-refractivity contribution in [1.29, 1.82) is 0 Å². The van der Waals surface area contributed by atoms with E-state index >= 15 is 0 Å². The van der Waals surface area contributed by atoms with E-state index < -0.39 is 0 Å². The molecule has 2 atom stereocenters. The van der Waals surface area contributed by atoms with Gasteiger partial charge in [-0.15, -0.1) is 0 Å². The fourth-order valence-corrected chi connectivity index (χ4v) is 1.86. The minimum absolute atomic E-state index is 0.225. The second-order valence-electron chi connectivity index (χ2n) is 3.87. The van der Waals surface area contributed by atoms with Crippen LogP contribution in [0.1, 0.15) is 33.1 Å². The maximum Gasteiger partial charge on any atom is 0.180 e. The molecule has 1 aliphatic carbocycles. The van der Waals surface area contributed by atoms with Crippen LogP contribution in [0, 0.1) is 0 Å². The second kappa shape index (κ2) is 7.17. The Labute approximate surface area is 92.1 Å². The van der Waals surface area contributed by atoms with E-state index in [1.165, 1.54) is 0 Å². The maximum absolute atomic E-state index is 5.81. The van der Waals surface area contributed by atoms with Crippen molar-refractivity contribution in [2.75, 3.05) is 19.8 Å². The average Bonchev–Trinajstić information content (AvgIpc) is 2.61. The van der Waals surface area contributed by atoms with Crippen molar-refractivity contribution in [2.24, 2.45) is 5.73 Å². The number of hydrogen-bond donors (Lipinski definition) is 1. The van der Waals surface area contributed by atoms with Crippen LogP contribution in [0.15, 0.2) is 0 Å². The Kier molecular flexibility index (Phi) is 6.17. The smallest absolute Gasteiger partial charge is 0.180 e. The van der Waals surface area contributed by atoms with E-state index in [2.05, 4.69) is 0 Å². The maximum atomic E-state index is 5.81. The van der Waals surface area contributed by atoms with Gasteiger partial charge in [-0.05, 0) is 33.1 Å². The molecule has 0 heterocycles. The first-order valence-corrected chi connectivity index (χ1v) is 5.86. The van der Waals surface area contributed by atoms with Crippen molar-refractivity contribution >= 4 is 0 Å². The first-order valence-electron chi connectivity index (χ1n) is 5.86. The van der Waals surface area contributed by atoms with Crippen molar-refractivity contribution in [3.05, 3.63) is 0 Å². The monoisotopic (exact) mass is 217 g/mol. The van der Waals surface area contributed by atoms with Crippen LogP contribution in [-0.2, 0) is 14.2 Å². The molecule has 15 heavy (non-hydrogen) atoms. The standard InChI is InChI=1S/C11H23NO3/c1-3-13-11(14-4-2)8-15-10-6-5-9(12)7-10/h9-11H,3-8,12H2,1-2H3. The van der Waals surface area contributed by atoms with Crippen molar-refractivity contribution in [1.82, 2.24) is 0 Å². The van der Waals surface area contributed by atoms with Crippen LogP contribution in [0.25, 0.3) is 0 Å². The lowest BCUT2D eigenvalue weighted by Gasteiger charge is -2.19. The lowest BCUT2D eigenvalue weighted by atomic mass is 10.3. The van der Waals surface area contributed by atoms with Crippen LogP contribution in [0.3, 0.4) is 0 Å². The zero-order valence-corrected chi connectivity index (χ0v) is 9.78. The van der Waals surface area contributed by atoms with Gasteiger partial charge in [0, 0.05) is 19.3 Å². The SMILES string of the molecule is CCOC(COC1CCC(N)C1)OCC. The van der Waals surface area contributed by atoms with E-state index in [9.17, 15) is 0 Å². The molecule has 90 valence electrons. The van der Waals surface area contributed by atoms with Crippen molar-refractivity contribution in [3.8, 4) is 0 Å². The van der Waals surface area contributed by atoms with Crippen LogP contribution < -0.4 is 5.73 Å². The molecule has 4 heteroatoms. The summed E-state index contributed by atoms with van der Waals surface area (Å²) >= 11 is 0. The summed E-state index contributed by atoms with van der Waals surface area (Å²) in [5.41, 5.74) is 5.81. The van der Waals surface area contributed by atoms with Crippen LogP contribution >= 0.6 is 0 Å². The third-order valence-corrected chi connectivity index (χ3v) is 2.60. The molecule has 0 aromatic heterocycles. The fourth-order valence-electron chi connectivity index (χ4n) is 1.86. The lowest BCUT2D eigenvalue weighted by molar-refractivity contribution is -0.175. The van der Waals surface area contributed by atoms with Gasteiger partial charge in [-0.1, -0.05) is 0 Å². The molecule has 0 amide bonds. The summed E-state index contributed by atoms with van der Waals surface area (Å²) in [5.74, 6) is 0. The Morgan fingerprint density at radius 1 is 1.20 bits per heavy atom. The first-order chi connectivity index (χ1) is 7.26. The summed E-state index contributed by atoms with van der Waals surface area (Å²) < 4.78 is 16.5. The third kappa shape index (κ3) is 4.93. The zero-order valence-electron chi connectivity index (χ0n) is 9.78. The van der Waals surface area contributed by atoms with Gasteiger partial charge >= 0.3 is 0 Å². The van der Waals surface area contributed by atoms with Gasteiger partial charge in [-0.2, -0.15) is 0 Å². The molecule has 1 aliphatic rings. The molecule has 0 aliphatic heterocycles. The largest absolute Gasteiger partial charge is 0.373 e. The third-order valence-electron chi connectivity index (χ3n) is 2.60. The number of rotatable bonds is 7. The predicted octanol–water partition coefficient (Wildman–Crippen LogP) is 1.28. The normalized spacial score (nSPS) is 26.4. The molecular weight excluding hydrogens is 194 g/mol. The Balaban J connectivity index is 2.15. The Morgan fingerprint density at radius 2 is 1.87 bits per heavy atom. The Morgan fingerprint density at radius 3 is 2.33 bits per heavy atom. The van der Waals surface area contributed by atoms with E-state index in [-0.39, 0.29) is 6.29 Å². The van der Waals surface area contributed by atoms with E-state index in [0.717, 1.165) is 19.3 Å². The van der Waals surface area contributed by atoms with E-state index in [1.807, 2.05) is 13.8 Å². The predicted molar refractivity (Wildman–Crippen MR) is 58.6 cm³/mol. The molecule has 0 aromatic carbocycles. The molecule has 2 N–H and O–H groups in total. The van der Waals surface area contributed by atoms with Gasteiger partial charge in [-0.3, -0.25) is 0 Å². The molecule has 1 saturated carbocycles. The molecule has 0 saturated heterocycles. The molecule has 0 radical (unpaired) electrons. The number of hydrogen-bond acceptors (Lipinski definition) is 4. The van der Waals surface area contributed by atoms with Crippen molar-refractivity contribution in [2.45, 2.75) is 51.5 Å². The molecule has 0 bridgehead atoms. The van der Waals surface area contributed by atoms with Gasteiger partial charge in [0.1, 0.15) is 0 Å². The number of ether oxygens (including phenoxy) is 3. The summed E-state index contributed by atoms with van der Waals surface area (Å²) in [7, 11) is 0. The Hall–Kier alpha value is -0.160. The number of nitrogens with two attached hydrogens (primary N) is 1. The molecule has 1 fully saturated rings. The summed E-state index contributed by atoms with van der Waals surface area (Å²) in [6, 6.07) is 0.313.